The van der Waals surface area contributed by atoms with E-state index in [1.165, 1.54) is 31.2 Å². The Kier molecular flexibility index (Phi) is 3.65. The summed E-state index contributed by atoms with van der Waals surface area (Å²) in [6, 6.07) is 7.11. The van der Waals surface area contributed by atoms with Gasteiger partial charge in [-0.25, -0.2) is 0 Å². The molecule has 0 spiro atoms. The summed E-state index contributed by atoms with van der Waals surface area (Å²) in [5, 5.41) is 3.70. The molecule has 1 aliphatic carbocycles. The van der Waals surface area contributed by atoms with Crippen molar-refractivity contribution in [1.82, 2.24) is 5.32 Å². The highest BCUT2D eigenvalue weighted by atomic mass is 16.5. The highest BCUT2D eigenvalue weighted by Gasteiger charge is 2.37. The zero-order valence-corrected chi connectivity index (χ0v) is 11.8. The maximum atomic E-state index is 5.43. The van der Waals surface area contributed by atoms with Crippen molar-refractivity contribution in [3.63, 3.8) is 0 Å². The molecule has 1 aromatic rings. The summed E-state index contributed by atoms with van der Waals surface area (Å²) in [7, 11) is 3.39. The third-order valence-electron chi connectivity index (χ3n) is 4.77. The fraction of sp³-hybridized carbons (Fsp3) is 0.625. The predicted molar refractivity (Wildman–Crippen MR) is 76.0 cm³/mol. The van der Waals surface area contributed by atoms with E-state index in [2.05, 4.69) is 17.4 Å². The number of hydrogen-bond acceptors (Lipinski definition) is 3. The van der Waals surface area contributed by atoms with E-state index >= 15 is 0 Å². The van der Waals surface area contributed by atoms with Crippen molar-refractivity contribution in [3.05, 3.63) is 23.8 Å². The van der Waals surface area contributed by atoms with Gasteiger partial charge in [0.2, 0.25) is 0 Å². The normalized spacial score (nSPS) is 29.9. The molecule has 1 saturated heterocycles. The van der Waals surface area contributed by atoms with E-state index in [0.717, 1.165) is 30.0 Å². The number of nitrogens with one attached hydrogen (secondary N) is 1. The first kappa shape index (κ1) is 12.8. The van der Waals surface area contributed by atoms with Gasteiger partial charge < -0.3 is 14.8 Å². The van der Waals surface area contributed by atoms with E-state index in [1.807, 2.05) is 6.07 Å². The molecule has 1 heterocycles. The van der Waals surface area contributed by atoms with Gasteiger partial charge in [0.1, 0.15) is 0 Å². The second-order valence-electron chi connectivity index (χ2n) is 5.68. The van der Waals surface area contributed by atoms with Crippen LogP contribution in [0.4, 0.5) is 0 Å². The van der Waals surface area contributed by atoms with Crippen LogP contribution < -0.4 is 14.8 Å². The Hall–Kier alpha value is -1.22. The minimum atomic E-state index is 0.630. The van der Waals surface area contributed by atoms with Gasteiger partial charge in [0.05, 0.1) is 14.2 Å². The topological polar surface area (TPSA) is 30.5 Å². The lowest BCUT2D eigenvalue weighted by atomic mass is 9.77. The molecule has 0 aromatic heterocycles. The van der Waals surface area contributed by atoms with Crippen LogP contribution in [0.2, 0.25) is 0 Å². The summed E-state index contributed by atoms with van der Waals surface area (Å²) in [4.78, 5) is 0. The van der Waals surface area contributed by atoms with Crippen LogP contribution in [-0.2, 0) is 0 Å². The van der Waals surface area contributed by atoms with Gasteiger partial charge in [0, 0.05) is 18.5 Å². The number of ether oxygens (including phenoxy) is 2. The third-order valence-corrected chi connectivity index (χ3v) is 4.77. The first-order valence-corrected chi connectivity index (χ1v) is 7.29. The molecule has 3 rings (SSSR count). The average Bonchev–Trinajstić information content (AvgIpc) is 2.90. The van der Waals surface area contributed by atoms with E-state index in [0.29, 0.717) is 5.92 Å². The van der Waals surface area contributed by atoms with Gasteiger partial charge in [-0.05, 0) is 36.5 Å². The monoisotopic (exact) mass is 261 g/mol. The van der Waals surface area contributed by atoms with E-state index < -0.39 is 0 Å². The number of hydrogen-bond donors (Lipinski definition) is 1. The molecular weight excluding hydrogens is 238 g/mol. The van der Waals surface area contributed by atoms with Gasteiger partial charge >= 0.3 is 0 Å². The minimum Gasteiger partial charge on any atom is -0.493 e. The van der Waals surface area contributed by atoms with E-state index in [1.54, 1.807) is 14.2 Å². The lowest BCUT2D eigenvalue weighted by molar-refractivity contribution is 0.307. The Morgan fingerprint density at radius 3 is 2.63 bits per heavy atom. The van der Waals surface area contributed by atoms with Crippen LogP contribution >= 0.6 is 0 Å². The van der Waals surface area contributed by atoms with Crippen LogP contribution in [0.5, 0.6) is 11.5 Å². The fourth-order valence-electron chi connectivity index (χ4n) is 3.77. The van der Waals surface area contributed by atoms with Crippen LogP contribution in [0.25, 0.3) is 0 Å². The molecule has 1 aliphatic heterocycles. The second-order valence-corrected chi connectivity index (χ2v) is 5.68. The van der Waals surface area contributed by atoms with E-state index in [9.17, 15) is 0 Å². The number of methoxy groups -OCH3 is 2. The molecule has 19 heavy (non-hydrogen) atoms. The van der Waals surface area contributed by atoms with Gasteiger partial charge in [-0.1, -0.05) is 18.9 Å². The van der Waals surface area contributed by atoms with Gasteiger partial charge in [-0.2, -0.15) is 0 Å². The van der Waals surface area contributed by atoms with Crippen LogP contribution in [0.1, 0.15) is 37.2 Å². The molecule has 0 bridgehead atoms. The van der Waals surface area contributed by atoms with Crippen molar-refractivity contribution in [2.45, 2.75) is 37.6 Å². The molecule has 1 aromatic carbocycles. The lowest BCUT2D eigenvalue weighted by Crippen LogP contribution is -2.29. The fourth-order valence-corrected chi connectivity index (χ4v) is 3.77. The van der Waals surface area contributed by atoms with Crippen LogP contribution in [-0.4, -0.2) is 26.8 Å². The predicted octanol–water partition coefficient (Wildman–Crippen LogP) is 2.95. The van der Waals surface area contributed by atoms with Crippen molar-refractivity contribution < 1.29 is 9.47 Å². The number of rotatable bonds is 3. The summed E-state index contributed by atoms with van der Waals surface area (Å²) in [6.07, 6.45) is 5.46. The smallest absolute Gasteiger partial charge is 0.160 e. The zero-order valence-electron chi connectivity index (χ0n) is 11.8. The molecule has 0 radical (unpaired) electrons. The summed E-state index contributed by atoms with van der Waals surface area (Å²) in [5.74, 6) is 3.09. The molecule has 2 fully saturated rings. The largest absolute Gasteiger partial charge is 0.493 e. The molecule has 3 atom stereocenters. The van der Waals surface area contributed by atoms with Crippen LogP contribution in [0.15, 0.2) is 18.2 Å². The summed E-state index contributed by atoms with van der Waals surface area (Å²) >= 11 is 0. The molecule has 0 unspecified atom stereocenters. The second kappa shape index (κ2) is 5.41. The summed E-state index contributed by atoms with van der Waals surface area (Å²) in [5.41, 5.74) is 1.39. The molecule has 1 N–H and O–H groups in total. The Morgan fingerprint density at radius 1 is 1.05 bits per heavy atom. The Labute approximate surface area is 115 Å². The number of benzene rings is 1. The summed E-state index contributed by atoms with van der Waals surface area (Å²) in [6.45, 7) is 1.10. The Morgan fingerprint density at radius 2 is 1.84 bits per heavy atom. The highest BCUT2D eigenvalue weighted by molar-refractivity contribution is 5.44. The van der Waals surface area contributed by atoms with Crippen molar-refractivity contribution in [1.29, 1.82) is 0 Å². The molecule has 104 valence electrons. The number of fused-ring (bicyclic) bond motifs is 1. The van der Waals surface area contributed by atoms with Crippen LogP contribution in [0.3, 0.4) is 0 Å². The standard InChI is InChI=1S/C16H23NO2/c1-18-15-8-7-11(9-16(15)19-2)13-10-17-14-6-4-3-5-12(13)14/h7-9,12-14,17H,3-6,10H2,1-2H3/t12-,13-,14+/m0/s1. The third kappa shape index (κ3) is 2.32. The molecule has 0 amide bonds. The van der Waals surface area contributed by atoms with Crippen LogP contribution in [0, 0.1) is 5.92 Å². The zero-order chi connectivity index (χ0) is 13.2. The average molecular weight is 261 g/mol. The van der Waals surface area contributed by atoms with E-state index in [4.69, 9.17) is 9.47 Å². The molecule has 3 heteroatoms. The van der Waals surface area contributed by atoms with Crippen molar-refractivity contribution in [2.75, 3.05) is 20.8 Å². The first-order valence-electron chi connectivity index (χ1n) is 7.29. The van der Waals surface area contributed by atoms with Crippen molar-refractivity contribution >= 4 is 0 Å². The molecule has 1 saturated carbocycles. The lowest BCUT2D eigenvalue weighted by Gasteiger charge is -2.28. The first-order chi connectivity index (χ1) is 9.33. The highest BCUT2D eigenvalue weighted by Crippen LogP contribution is 2.42. The molecular formula is C16H23NO2. The SMILES string of the molecule is COc1ccc([C@@H]2CN[C@@H]3CCCC[C@H]32)cc1OC. The van der Waals surface area contributed by atoms with Gasteiger partial charge in [-0.15, -0.1) is 0 Å². The quantitative estimate of drug-likeness (QED) is 0.907. The van der Waals surface area contributed by atoms with Crippen molar-refractivity contribution in [2.24, 2.45) is 5.92 Å². The summed E-state index contributed by atoms with van der Waals surface area (Å²) < 4.78 is 10.7. The molecule has 3 nitrogen and oxygen atoms in total. The van der Waals surface area contributed by atoms with Crippen molar-refractivity contribution in [3.8, 4) is 11.5 Å². The van der Waals surface area contributed by atoms with Gasteiger partial charge in [0.15, 0.2) is 11.5 Å². The maximum absolute atomic E-state index is 5.43. The maximum Gasteiger partial charge on any atom is 0.160 e. The Balaban J connectivity index is 1.85. The molecule has 2 aliphatic rings. The Bertz CT molecular complexity index is 446. The minimum absolute atomic E-state index is 0.630. The van der Waals surface area contributed by atoms with E-state index in [-0.39, 0.29) is 0 Å². The van der Waals surface area contributed by atoms with Gasteiger partial charge in [0.25, 0.3) is 0 Å². The van der Waals surface area contributed by atoms with Gasteiger partial charge in [-0.3, -0.25) is 0 Å².